The van der Waals surface area contributed by atoms with Crippen molar-refractivity contribution < 1.29 is 13.2 Å². The normalized spacial score (nSPS) is 11.6. The highest BCUT2D eigenvalue weighted by atomic mass is 32.2. The zero-order chi connectivity index (χ0) is 15.3. The lowest BCUT2D eigenvalue weighted by Crippen LogP contribution is -2.17. The second-order valence-electron chi connectivity index (χ2n) is 4.23. The molecule has 3 nitrogen and oxygen atoms in total. The minimum Gasteiger partial charge on any atom is -0.313 e. The van der Waals surface area contributed by atoms with Crippen LogP contribution in [0.15, 0.2) is 46.7 Å². The number of nitrogens with one attached hydrogen (secondary N) is 1. The first-order chi connectivity index (χ1) is 10.0. The quantitative estimate of drug-likeness (QED) is 0.853. The van der Waals surface area contributed by atoms with Gasteiger partial charge in [0.05, 0.1) is 5.56 Å². The Morgan fingerprint density at radius 3 is 2.52 bits per heavy atom. The number of hydrogen-bond acceptors (Lipinski definition) is 4. The highest BCUT2D eigenvalue weighted by molar-refractivity contribution is 7.99. The molecule has 2 rings (SSSR count). The number of halogens is 3. The van der Waals surface area contributed by atoms with Gasteiger partial charge in [0.2, 0.25) is 0 Å². The molecule has 1 N–H and O–H groups in total. The van der Waals surface area contributed by atoms with E-state index in [1.165, 1.54) is 6.07 Å². The molecular weight excluding hydrogens is 299 g/mol. The number of aromatic nitrogens is 2. The third-order valence-electron chi connectivity index (χ3n) is 2.70. The molecule has 7 heteroatoms. The van der Waals surface area contributed by atoms with E-state index in [-0.39, 0.29) is 12.1 Å². The molecule has 0 fully saturated rings. The second-order valence-corrected chi connectivity index (χ2v) is 5.27. The fourth-order valence-corrected chi connectivity index (χ4v) is 2.49. The van der Waals surface area contributed by atoms with Crippen LogP contribution in [-0.4, -0.2) is 16.5 Å². The number of alkyl halides is 3. The zero-order valence-electron chi connectivity index (χ0n) is 11.3. The smallest absolute Gasteiger partial charge is 0.313 e. The lowest BCUT2D eigenvalue weighted by atomic mass is 10.1. The SMILES string of the molecule is CCNCc1ccc(Sc2ncccn2)cc1C(F)(F)F. The van der Waals surface area contributed by atoms with Gasteiger partial charge >= 0.3 is 6.18 Å². The monoisotopic (exact) mass is 313 g/mol. The molecule has 112 valence electrons. The molecule has 0 radical (unpaired) electrons. The molecule has 21 heavy (non-hydrogen) atoms. The van der Waals surface area contributed by atoms with Crippen LogP contribution in [0.1, 0.15) is 18.1 Å². The Balaban J connectivity index is 2.28. The van der Waals surface area contributed by atoms with Gasteiger partial charge in [-0.25, -0.2) is 9.97 Å². The van der Waals surface area contributed by atoms with E-state index >= 15 is 0 Å². The molecule has 0 aliphatic rings. The van der Waals surface area contributed by atoms with Crippen molar-refractivity contribution in [2.45, 2.75) is 29.7 Å². The zero-order valence-corrected chi connectivity index (χ0v) is 12.1. The van der Waals surface area contributed by atoms with Gasteiger partial charge < -0.3 is 5.32 Å². The van der Waals surface area contributed by atoms with Crippen molar-refractivity contribution in [3.8, 4) is 0 Å². The summed E-state index contributed by atoms with van der Waals surface area (Å²) in [5.74, 6) is 0. The summed E-state index contributed by atoms with van der Waals surface area (Å²) in [6.45, 7) is 2.66. The van der Waals surface area contributed by atoms with E-state index < -0.39 is 11.7 Å². The van der Waals surface area contributed by atoms with Crippen LogP contribution >= 0.6 is 11.8 Å². The Morgan fingerprint density at radius 2 is 1.90 bits per heavy atom. The van der Waals surface area contributed by atoms with E-state index in [9.17, 15) is 13.2 Å². The van der Waals surface area contributed by atoms with E-state index in [0.717, 1.165) is 17.8 Å². The maximum atomic E-state index is 13.1. The van der Waals surface area contributed by atoms with Gasteiger partial charge in [0, 0.05) is 23.8 Å². The largest absolute Gasteiger partial charge is 0.416 e. The maximum Gasteiger partial charge on any atom is 0.416 e. The first-order valence-electron chi connectivity index (χ1n) is 6.36. The van der Waals surface area contributed by atoms with Gasteiger partial charge in [-0.1, -0.05) is 13.0 Å². The summed E-state index contributed by atoms with van der Waals surface area (Å²) in [7, 11) is 0. The van der Waals surface area contributed by atoms with Gasteiger partial charge in [-0.2, -0.15) is 13.2 Å². The standard InChI is InChI=1S/C14H14F3N3S/c1-2-18-9-10-4-5-11(8-12(10)14(15,16)17)21-13-19-6-3-7-20-13/h3-8,18H,2,9H2,1H3. The van der Waals surface area contributed by atoms with Gasteiger partial charge in [-0.05, 0) is 42.1 Å². The average molecular weight is 313 g/mol. The fraction of sp³-hybridized carbons (Fsp3) is 0.286. The van der Waals surface area contributed by atoms with Crippen molar-refractivity contribution in [2.24, 2.45) is 0 Å². The Hall–Kier alpha value is -1.60. The fourth-order valence-electron chi connectivity index (χ4n) is 1.74. The van der Waals surface area contributed by atoms with Crippen molar-refractivity contribution in [3.63, 3.8) is 0 Å². The van der Waals surface area contributed by atoms with Gasteiger partial charge in [0.15, 0.2) is 5.16 Å². The summed E-state index contributed by atoms with van der Waals surface area (Å²) in [4.78, 5) is 8.46. The van der Waals surface area contributed by atoms with Crippen LogP contribution < -0.4 is 5.32 Å². The summed E-state index contributed by atoms with van der Waals surface area (Å²) in [6.07, 6.45) is -1.27. The van der Waals surface area contributed by atoms with Crippen molar-refractivity contribution in [2.75, 3.05) is 6.54 Å². The van der Waals surface area contributed by atoms with E-state index in [2.05, 4.69) is 15.3 Å². The van der Waals surface area contributed by atoms with Crippen molar-refractivity contribution in [3.05, 3.63) is 47.8 Å². The predicted molar refractivity (Wildman–Crippen MR) is 75.0 cm³/mol. The minimum atomic E-state index is -4.38. The predicted octanol–water partition coefficient (Wildman–Crippen LogP) is 3.76. The van der Waals surface area contributed by atoms with Crippen molar-refractivity contribution in [1.29, 1.82) is 0 Å². The molecule has 0 saturated heterocycles. The number of nitrogens with zero attached hydrogens (tertiary/aromatic N) is 2. The summed E-state index contributed by atoms with van der Waals surface area (Å²) < 4.78 is 39.4. The van der Waals surface area contributed by atoms with Gasteiger partial charge in [0.25, 0.3) is 0 Å². The van der Waals surface area contributed by atoms with Crippen LogP contribution in [0, 0.1) is 0 Å². The second kappa shape index (κ2) is 6.91. The van der Waals surface area contributed by atoms with Crippen LogP contribution in [-0.2, 0) is 12.7 Å². The highest BCUT2D eigenvalue weighted by Gasteiger charge is 2.33. The van der Waals surface area contributed by atoms with Gasteiger partial charge in [0.1, 0.15) is 0 Å². The van der Waals surface area contributed by atoms with Crippen LogP contribution in [0.25, 0.3) is 0 Å². The first kappa shape index (κ1) is 15.8. The lowest BCUT2D eigenvalue weighted by Gasteiger charge is -2.14. The van der Waals surface area contributed by atoms with E-state index in [0.29, 0.717) is 16.6 Å². The number of hydrogen-bond donors (Lipinski definition) is 1. The van der Waals surface area contributed by atoms with Crippen molar-refractivity contribution >= 4 is 11.8 Å². The highest BCUT2D eigenvalue weighted by Crippen LogP contribution is 2.35. The molecule has 0 unspecified atom stereocenters. The topological polar surface area (TPSA) is 37.8 Å². The Labute approximate surface area is 125 Å². The van der Waals surface area contributed by atoms with Gasteiger partial charge in [-0.15, -0.1) is 0 Å². The molecule has 0 bridgehead atoms. The molecule has 0 saturated carbocycles. The molecule has 0 aliphatic heterocycles. The van der Waals surface area contributed by atoms with Crippen LogP contribution in [0.3, 0.4) is 0 Å². The first-order valence-corrected chi connectivity index (χ1v) is 7.18. The molecule has 1 heterocycles. The Morgan fingerprint density at radius 1 is 1.19 bits per heavy atom. The number of rotatable bonds is 5. The van der Waals surface area contributed by atoms with Gasteiger partial charge in [-0.3, -0.25) is 0 Å². The molecule has 0 amide bonds. The van der Waals surface area contributed by atoms with Crippen LogP contribution in [0.2, 0.25) is 0 Å². The minimum absolute atomic E-state index is 0.193. The summed E-state index contributed by atoms with van der Waals surface area (Å²) in [5, 5.41) is 3.34. The summed E-state index contributed by atoms with van der Waals surface area (Å²) in [5.41, 5.74) is -0.382. The maximum absolute atomic E-state index is 13.1. The Bertz CT molecular complexity index is 588. The molecule has 2 aromatic rings. The molecule has 0 atom stereocenters. The van der Waals surface area contributed by atoms with E-state index in [1.807, 2.05) is 6.92 Å². The molecule has 1 aromatic carbocycles. The molecule has 1 aromatic heterocycles. The van der Waals surface area contributed by atoms with Crippen LogP contribution in [0.5, 0.6) is 0 Å². The molecular formula is C14H14F3N3S. The lowest BCUT2D eigenvalue weighted by molar-refractivity contribution is -0.138. The van der Waals surface area contributed by atoms with E-state index in [1.54, 1.807) is 24.5 Å². The Kier molecular flexibility index (Phi) is 5.19. The van der Waals surface area contributed by atoms with Crippen molar-refractivity contribution in [1.82, 2.24) is 15.3 Å². The van der Waals surface area contributed by atoms with E-state index in [4.69, 9.17) is 0 Å². The summed E-state index contributed by atoms with van der Waals surface area (Å²) >= 11 is 1.11. The molecule has 0 spiro atoms. The molecule has 0 aliphatic carbocycles. The average Bonchev–Trinajstić information content (AvgIpc) is 2.46. The number of benzene rings is 1. The third-order valence-corrected chi connectivity index (χ3v) is 3.59. The summed E-state index contributed by atoms with van der Waals surface area (Å²) in [6, 6.07) is 5.96. The van der Waals surface area contributed by atoms with Crippen LogP contribution in [0.4, 0.5) is 13.2 Å². The third kappa shape index (κ3) is 4.44.